The maximum Gasteiger partial charge on any atom is 0.308 e. The van der Waals surface area contributed by atoms with Crippen molar-refractivity contribution >= 4 is 29.6 Å². The lowest BCUT2D eigenvalue weighted by atomic mass is 9.99. The number of halogens is 1. The van der Waals surface area contributed by atoms with Crippen molar-refractivity contribution in [2.45, 2.75) is 32.4 Å². The highest BCUT2D eigenvalue weighted by Crippen LogP contribution is 2.64. The van der Waals surface area contributed by atoms with Crippen molar-refractivity contribution < 1.29 is 28.3 Å². The Bertz CT molecular complexity index is 898. The van der Waals surface area contributed by atoms with Crippen molar-refractivity contribution in [1.29, 1.82) is 0 Å². The van der Waals surface area contributed by atoms with Gasteiger partial charge in [0.05, 0.1) is 13.5 Å². The maximum absolute atomic E-state index is 13.1. The Hall–Kier alpha value is -3.03. The summed E-state index contributed by atoms with van der Waals surface area (Å²) in [7, 11) is 1.15. The molecule has 1 saturated heterocycles. The number of carbonyl (C=O) groups is 4. The van der Waals surface area contributed by atoms with Gasteiger partial charge in [0, 0.05) is 12.6 Å². The number of likely N-dealkylation sites (tertiary alicyclic amines) is 1. The fourth-order valence-corrected chi connectivity index (χ4v) is 4.49. The highest BCUT2D eigenvalue weighted by molar-refractivity contribution is 5.99. The molecule has 0 bridgehead atoms. The van der Waals surface area contributed by atoms with Gasteiger partial charge in [-0.05, 0) is 28.9 Å². The predicted octanol–water partition coefficient (Wildman–Crippen LogP) is 1.77. The standard InChI is InChI=1S/C23H27FN2O5/c1-23(2)15-13-26(18(28)10-9-14-7-5-4-6-8-14)21(20(15)23)22(30)25-16(17(27)12-24)11-19(29)31-3/h4-10,15-16,20-21H,11-13H2,1-3H3,(H,25,30)/b10-9+/t15-,16-,20-,21-/m0/s1. The van der Waals surface area contributed by atoms with Crippen LogP contribution in [0.1, 0.15) is 25.8 Å². The zero-order chi connectivity index (χ0) is 22.8. The summed E-state index contributed by atoms with van der Waals surface area (Å²) in [6.45, 7) is 3.17. The van der Waals surface area contributed by atoms with Gasteiger partial charge in [-0.15, -0.1) is 0 Å². The zero-order valence-corrected chi connectivity index (χ0v) is 17.8. The molecule has 2 aliphatic rings. The Morgan fingerprint density at radius 1 is 1.26 bits per heavy atom. The predicted molar refractivity (Wildman–Crippen MR) is 111 cm³/mol. The van der Waals surface area contributed by atoms with Crippen LogP contribution in [0.4, 0.5) is 4.39 Å². The zero-order valence-electron chi connectivity index (χ0n) is 17.8. The minimum absolute atomic E-state index is 0.0687. The molecular formula is C23H27FN2O5. The number of benzene rings is 1. The quantitative estimate of drug-likeness (QED) is 0.501. The van der Waals surface area contributed by atoms with Crippen LogP contribution in [0.3, 0.4) is 0 Å². The van der Waals surface area contributed by atoms with E-state index in [-0.39, 0.29) is 23.2 Å². The Balaban J connectivity index is 1.77. The molecule has 1 aromatic rings. The molecule has 8 heteroatoms. The largest absolute Gasteiger partial charge is 0.469 e. The summed E-state index contributed by atoms with van der Waals surface area (Å²) in [5.41, 5.74) is 0.734. The average Bonchev–Trinajstić information content (AvgIpc) is 3.10. The first-order chi connectivity index (χ1) is 14.7. The fourth-order valence-electron chi connectivity index (χ4n) is 4.49. The molecule has 1 N–H and O–H groups in total. The van der Waals surface area contributed by atoms with Crippen molar-refractivity contribution in [2.75, 3.05) is 20.3 Å². The van der Waals surface area contributed by atoms with Gasteiger partial charge in [-0.2, -0.15) is 0 Å². The van der Waals surface area contributed by atoms with Gasteiger partial charge in [-0.1, -0.05) is 44.2 Å². The van der Waals surface area contributed by atoms with Gasteiger partial charge < -0.3 is 15.0 Å². The van der Waals surface area contributed by atoms with E-state index < -0.39 is 42.8 Å². The monoisotopic (exact) mass is 430 g/mol. The van der Waals surface area contributed by atoms with Crippen LogP contribution in [-0.4, -0.2) is 60.9 Å². The van der Waals surface area contributed by atoms with Gasteiger partial charge in [0.25, 0.3) is 0 Å². The summed E-state index contributed by atoms with van der Waals surface area (Å²) in [4.78, 5) is 51.0. The lowest BCUT2D eigenvalue weighted by molar-refractivity contribution is -0.144. The van der Waals surface area contributed by atoms with Crippen LogP contribution in [0.2, 0.25) is 0 Å². The number of fused-ring (bicyclic) bond motifs is 1. The van der Waals surface area contributed by atoms with Gasteiger partial charge in [-0.3, -0.25) is 19.2 Å². The number of nitrogens with one attached hydrogen (secondary N) is 1. The summed E-state index contributed by atoms with van der Waals surface area (Å²) in [5.74, 6) is -2.43. The van der Waals surface area contributed by atoms with E-state index in [1.807, 2.05) is 44.2 Å². The summed E-state index contributed by atoms with van der Waals surface area (Å²) < 4.78 is 17.5. The van der Waals surface area contributed by atoms with E-state index >= 15 is 0 Å². The van der Waals surface area contributed by atoms with Gasteiger partial charge in [0.1, 0.15) is 18.8 Å². The highest BCUT2D eigenvalue weighted by atomic mass is 19.1. The lowest BCUT2D eigenvalue weighted by Gasteiger charge is -2.30. The normalized spacial score (nSPS) is 24.4. The van der Waals surface area contributed by atoms with Gasteiger partial charge in [-0.25, -0.2) is 4.39 Å². The van der Waals surface area contributed by atoms with Crippen LogP contribution in [0.5, 0.6) is 0 Å². The summed E-state index contributed by atoms with van der Waals surface area (Å²) in [6.07, 6.45) is 2.64. The molecule has 0 unspecified atom stereocenters. The van der Waals surface area contributed by atoms with Crippen molar-refractivity contribution in [3.05, 3.63) is 42.0 Å². The molecule has 1 saturated carbocycles. The number of ether oxygens (including phenoxy) is 1. The molecule has 7 nitrogen and oxygen atoms in total. The number of amides is 2. The second kappa shape index (κ2) is 8.99. The van der Waals surface area contributed by atoms with E-state index in [1.54, 1.807) is 6.08 Å². The smallest absolute Gasteiger partial charge is 0.308 e. The molecule has 31 heavy (non-hydrogen) atoms. The third-order valence-corrected chi connectivity index (χ3v) is 6.41. The summed E-state index contributed by atoms with van der Waals surface area (Å²) >= 11 is 0. The molecule has 0 aromatic heterocycles. The van der Waals surface area contributed by atoms with Gasteiger partial charge in [0.2, 0.25) is 11.8 Å². The van der Waals surface area contributed by atoms with Gasteiger partial charge >= 0.3 is 5.97 Å². The molecular weight excluding hydrogens is 403 g/mol. The first-order valence-electron chi connectivity index (χ1n) is 10.2. The van der Waals surface area contributed by atoms with Crippen LogP contribution < -0.4 is 5.32 Å². The van der Waals surface area contributed by atoms with E-state index in [0.29, 0.717) is 6.54 Å². The molecule has 1 aliphatic carbocycles. The number of carbonyl (C=O) groups excluding carboxylic acids is 4. The van der Waals surface area contributed by atoms with Crippen LogP contribution >= 0.6 is 0 Å². The number of Topliss-reactive ketones (excluding diaryl/α,β-unsaturated/α-hetero) is 1. The molecule has 1 heterocycles. The van der Waals surface area contributed by atoms with Crippen LogP contribution in [0.15, 0.2) is 36.4 Å². The SMILES string of the molecule is COC(=O)C[C@H](NC(=O)[C@@H]1[C@@H]2[C@H](CN1C(=O)/C=C/c1ccccc1)C2(C)C)C(=O)CF. The molecule has 166 valence electrons. The molecule has 2 amide bonds. The second-order valence-corrected chi connectivity index (χ2v) is 8.57. The number of hydrogen-bond acceptors (Lipinski definition) is 5. The Morgan fingerprint density at radius 3 is 2.55 bits per heavy atom. The molecule has 1 aliphatic heterocycles. The number of rotatable bonds is 8. The number of ketones is 1. The number of esters is 1. The minimum Gasteiger partial charge on any atom is -0.469 e. The van der Waals surface area contributed by atoms with E-state index in [4.69, 9.17) is 0 Å². The van der Waals surface area contributed by atoms with Crippen molar-refractivity contribution in [3.8, 4) is 0 Å². The first kappa shape index (κ1) is 22.7. The third-order valence-electron chi connectivity index (χ3n) is 6.41. The first-order valence-corrected chi connectivity index (χ1v) is 10.2. The van der Waals surface area contributed by atoms with Crippen LogP contribution in [0, 0.1) is 17.3 Å². The van der Waals surface area contributed by atoms with Crippen molar-refractivity contribution in [1.82, 2.24) is 10.2 Å². The molecule has 4 atom stereocenters. The number of piperidine rings is 1. The van der Waals surface area contributed by atoms with Crippen LogP contribution in [-0.2, 0) is 23.9 Å². The van der Waals surface area contributed by atoms with E-state index in [2.05, 4.69) is 10.1 Å². The van der Waals surface area contributed by atoms with Crippen molar-refractivity contribution in [3.63, 3.8) is 0 Å². The fraction of sp³-hybridized carbons (Fsp3) is 0.478. The lowest BCUT2D eigenvalue weighted by Crippen LogP contribution is -2.54. The number of methoxy groups -OCH3 is 1. The molecule has 0 radical (unpaired) electrons. The van der Waals surface area contributed by atoms with E-state index in [9.17, 15) is 23.6 Å². The molecule has 0 spiro atoms. The third kappa shape index (κ3) is 4.68. The van der Waals surface area contributed by atoms with Crippen molar-refractivity contribution in [2.24, 2.45) is 17.3 Å². The Kier molecular flexibility index (Phi) is 6.57. The number of nitrogens with zero attached hydrogens (tertiary/aromatic N) is 1. The Labute approximate surface area is 180 Å². The highest BCUT2D eigenvalue weighted by Gasteiger charge is 2.69. The van der Waals surface area contributed by atoms with E-state index in [1.165, 1.54) is 11.0 Å². The maximum atomic E-state index is 13.1. The summed E-state index contributed by atoms with van der Waals surface area (Å²) in [6, 6.07) is 7.19. The van der Waals surface area contributed by atoms with Crippen LogP contribution in [0.25, 0.3) is 6.08 Å². The minimum atomic E-state index is -1.33. The van der Waals surface area contributed by atoms with E-state index in [0.717, 1.165) is 12.7 Å². The second-order valence-electron chi connectivity index (χ2n) is 8.57. The average molecular weight is 430 g/mol. The van der Waals surface area contributed by atoms with Gasteiger partial charge in [0.15, 0.2) is 5.78 Å². The molecule has 2 fully saturated rings. The number of hydrogen-bond donors (Lipinski definition) is 1. The topological polar surface area (TPSA) is 92.8 Å². The molecule has 3 rings (SSSR count). The molecule has 1 aromatic carbocycles. The summed E-state index contributed by atoms with van der Waals surface area (Å²) in [5, 5.41) is 2.48. The number of alkyl halides is 1. The Morgan fingerprint density at radius 2 is 1.94 bits per heavy atom.